The maximum atomic E-state index is 13.3. The molecule has 16 heavy (non-hydrogen) atoms. The summed E-state index contributed by atoms with van der Waals surface area (Å²) in [6.07, 6.45) is 3.20. The topological polar surface area (TPSA) is 37.3 Å². The molecule has 0 amide bonds. The van der Waals surface area contributed by atoms with Crippen LogP contribution in [0.25, 0.3) is 0 Å². The Morgan fingerprint density at radius 2 is 2.06 bits per heavy atom. The van der Waals surface area contributed by atoms with Crippen molar-refractivity contribution in [2.24, 2.45) is 0 Å². The molecular weight excluding hydrogens is 226 g/mol. The molecule has 0 aliphatic carbocycles. The molecule has 1 atom stereocenters. The predicted octanol–water partition coefficient (Wildman–Crippen LogP) is 2.51. The zero-order valence-corrected chi connectivity index (χ0v) is 10.2. The van der Waals surface area contributed by atoms with E-state index in [-0.39, 0.29) is 12.2 Å². The van der Waals surface area contributed by atoms with Crippen LogP contribution in [0.3, 0.4) is 0 Å². The Morgan fingerprint density at radius 1 is 1.31 bits per heavy atom. The number of benzene rings is 1. The van der Waals surface area contributed by atoms with Gasteiger partial charge in [0.05, 0.1) is 0 Å². The lowest BCUT2D eigenvalue weighted by Gasteiger charge is -2.04. The van der Waals surface area contributed by atoms with Crippen molar-refractivity contribution >= 4 is 20.5 Å². The number of aryl methyl sites for hydroxylation is 1. The molecule has 0 saturated carbocycles. The van der Waals surface area contributed by atoms with Crippen LogP contribution in [0.1, 0.15) is 31.2 Å². The van der Waals surface area contributed by atoms with Crippen molar-refractivity contribution < 1.29 is 14.3 Å². The van der Waals surface area contributed by atoms with Gasteiger partial charge in [0.15, 0.2) is 0 Å². The fraction of sp³-hybridized carbons (Fsp3) is 0.417. The fourth-order valence-corrected chi connectivity index (χ4v) is 1.85. The number of rotatable bonds is 6. The first kappa shape index (κ1) is 13.1. The van der Waals surface area contributed by atoms with Crippen LogP contribution in [0, 0.1) is 5.82 Å². The molecule has 0 aliphatic rings. The molecule has 1 aromatic carbocycles. The minimum atomic E-state index is -0.766. The van der Waals surface area contributed by atoms with Crippen molar-refractivity contribution in [3.8, 4) is 0 Å². The Hall–Kier alpha value is -0.950. The van der Waals surface area contributed by atoms with Crippen LogP contribution in [-0.2, 0) is 11.2 Å². The third-order valence-corrected chi connectivity index (χ3v) is 2.77. The monoisotopic (exact) mass is 242 g/mol. The van der Waals surface area contributed by atoms with E-state index in [0.717, 1.165) is 18.1 Å². The first-order valence-corrected chi connectivity index (χ1v) is 5.93. The fourth-order valence-electron chi connectivity index (χ4n) is 1.55. The lowest BCUT2D eigenvalue weighted by molar-refractivity contribution is -0.137. The van der Waals surface area contributed by atoms with Crippen molar-refractivity contribution in [2.45, 2.75) is 32.1 Å². The molecule has 2 nitrogen and oxygen atoms in total. The highest BCUT2D eigenvalue weighted by Gasteiger charge is 2.02. The van der Waals surface area contributed by atoms with Gasteiger partial charge in [-0.25, -0.2) is 4.39 Å². The molecule has 1 aromatic rings. The summed E-state index contributed by atoms with van der Waals surface area (Å²) in [4.78, 5) is 10.3. The van der Waals surface area contributed by atoms with Crippen LogP contribution in [0.15, 0.2) is 18.2 Å². The summed E-state index contributed by atoms with van der Waals surface area (Å²) < 4.78 is 13.3. The first-order chi connectivity index (χ1) is 7.59. The van der Waals surface area contributed by atoms with E-state index in [1.54, 1.807) is 6.07 Å². The molecule has 88 valence electrons. The standard InChI is InChI=1S/C12H16FO2P/c13-11-7-6-10(16)8-9(11)4-2-1-3-5-12(14)15/h6-8H,1-5,16H2,(H,14,15). The normalized spacial score (nSPS) is 10.4. The largest absolute Gasteiger partial charge is 0.481 e. The lowest BCUT2D eigenvalue weighted by Crippen LogP contribution is -1.99. The van der Waals surface area contributed by atoms with Gasteiger partial charge in [-0.1, -0.05) is 12.5 Å². The van der Waals surface area contributed by atoms with Crippen LogP contribution in [0.5, 0.6) is 0 Å². The zero-order valence-electron chi connectivity index (χ0n) is 9.08. The number of unbranched alkanes of at least 4 members (excludes halogenated alkanes) is 2. The number of carbonyl (C=O) groups is 1. The number of carboxylic acids is 1. The first-order valence-electron chi connectivity index (χ1n) is 5.35. The summed E-state index contributed by atoms with van der Waals surface area (Å²) in [7, 11) is 2.54. The molecule has 0 fully saturated rings. The van der Waals surface area contributed by atoms with E-state index < -0.39 is 5.97 Å². The van der Waals surface area contributed by atoms with Crippen molar-refractivity contribution in [2.75, 3.05) is 0 Å². The molecule has 0 bridgehead atoms. The van der Waals surface area contributed by atoms with Gasteiger partial charge >= 0.3 is 5.97 Å². The van der Waals surface area contributed by atoms with E-state index >= 15 is 0 Å². The second-order valence-corrected chi connectivity index (χ2v) is 4.47. The van der Waals surface area contributed by atoms with Gasteiger partial charge in [0.2, 0.25) is 0 Å². The maximum Gasteiger partial charge on any atom is 0.303 e. The summed E-state index contributed by atoms with van der Waals surface area (Å²) in [6.45, 7) is 0. The number of hydrogen-bond acceptors (Lipinski definition) is 1. The maximum absolute atomic E-state index is 13.3. The highest BCUT2D eigenvalue weighted by Crippen LogP contribution is 2.11. The third-order valence-electron chi connectivity index (χ3n) is 2.41. The van der Waals surface area contributed by atoms with Crippen molar-refractivity contribution in [3.05, 3.63) is 29.6 Å². The van der Waals surface area contributed by atoms with Crippen LogP contribution in [-0.4, -0.2) is 11.1 Å². The van der Waals surface area contributed by atoms with Crippen LogP contribution in [0.2, 0.25) is 0 Å². The minimum absolute atomic E-state index is 0.176. The molecule has 1 rings (SSSR count). The van der Waals surface area contributed by atoms with E-state index in [0.29, 0.717) is 18.4 Å². The van der Waals surface area contributed by atoms with Gasteiger partial charge in [-0.15, -0.1) is 9.24 Å². The lowest BCUT2D eigenvalue weighted by atomic mass is 10.1. The Morgan fingerprint density at radius 3 is 2.75 bits per heavy atom. The smallest absolute Gasteiger partial charge is 0.303 e. The van der Waals surface area contributed by atoms with Gasteiger partial charge in [-0.2, -0.15) is 0 Å². The van der Waals surface area contributed by atoms with Crippen molar-refractivity contribution in [1.29, 1.82) is 0 Å². The van der Waals surface area contributed by atoms with E-state index in [2.05, 4.69) is 9.24 Å². The molecule has 0 radical (unpaired) electrons. The molecule has 0 aromatic heterocycles. The van der Waals surface area contributed by atoms with Crippen LogP contribution < -0.4 is 5.30 Å². The molecule has 0 aliphatic heterocycles. The van der Waals surface area contributed by atoms with E-state index in [1.807, 2.05) is 6.07 Å². The van der Waals surface area contributed by atoms with Crippen molar-refractivity contribution in [1.82, 2.24) is 0 Å². The highest BCUT2D eigenvalue weighted by atomic mass is 31.0. The average Bonchev–Trinajstić information content (AvgIpc) is 2.22. The highest BCUT2D eigenvalue weighted by molar-refractivity contribution is 7.27. The van der Waals surface area contributed by atoms with E-state index in [4.69, 9.17) is 5.11 Å². The number of halogens is 1. The van der Waals surface area contributed by atoms with Gasteiger partial charge in [0, 0.05) is 6.42 Å². The molecule has 1 unspecified atom stereocenters. The van der Waals surface area contributed by atoms with E-state index in [9.17, 15) is 9.18 Å². The Bertz CT molecular complexity index is 366. The molecular formula is C12H16FO2P. The quantitative estimate of drug-likeness (QED) is 0.614. The average molecular weight is 242 g/mol. The minimum Gasteiger partial charge on any atom is -0.481 e. The number of aliphatic carboxylic acids is 1. The molecule has 0 spiro atoms. The van der Waals surface area contributed by atoms with Gasteiger partial charge in [0.1, 0.15) is 5.82 Å². The predicted molar refractivity (Wildman–Crippen MR) is 65.6 cm³/mol. The van der Waals surface area contributed by atoms with Crippen LogP contribution >= 0.6 is 9.24 Å². The Labute approximate surface area is 97.1 Å². The SMILES string of the molecule is O=C(O)CCCCCc1cc(P)ccc1F. The number of carboxylic acid groups (broad SMARTS) is 1. The summed E-state index contributed by atoms with van der Waals surface area (Å²) in [5.41, 5.74) is 0.711. The Kier molecular flexibility index (Phi) is 5.41. The third kappa shape index (κ3) is 4.71. The van der Waals surface area contributed by atoms with Gasteiger partial charge < -0.3 is 5.11 Å². The zero-order chi connectivity index (χ0) is 12.0. The molecule has 1 N–H and O–H groups in total. The summed E-state index contributed by atoms with van der Waals surface area (Å²) >= 11 is 0. The Balaban J connectivity index is 2.31. The van der Waals surface area contributed by atoms with Crippen molar-refractivity contribution in [3.63, 3.8) is 0 Å². The number of hydrogen-bond donors (Lipinski definition) is 1. The summed E-state index contributed by atoms with van der Waals surface area (Å²) in [5, 5.41) is 9.42. The molecule has 0 heterocycles. The van der Waals surface area contributed by atoms with Gasteiger partial charge in [-0.05, 0) is 42.3 Å². The summed E-state index contributed by atoms with van der Waals surface area (Å²) in [5.74, 6) is -0.942. The molecule has 0 saturated heterocycles. The molecule has 4 heteroatoms. The second-order valence-electron chi connectivity index (χ2n) is 3.81. The summed E-state index contributed by atoms with van der Waals surface area (Å²) in [6, 6.07) is 5.00. The second kappa shape index (κ2) is 6.59. The van der Waals surface area contributed by atoms with Crippen LogP contribution in [0.4, 0.5) is 4.39 Å². The van der Waals surface area contributed by atoms with Gasteiger partial charge in [0.25, 0.3) is 0 Å². The van der Waals surface area contributed by atoms with Gasteiger partial charge in [-0.3, -0.25) is 4.79 Å². The van der Waals surface area contributed by atoms with E-state index in [1.165, 1.54) is 6.07 Å².